The van der Waals surface area contributed by atoms with Crippen LogP contribution in [0.25, 0.3) is 0 Å². The molecule has 0 amide bonds. The van der Waals surface area contributed by atoms with E-state index in [2.05, 4.69) is 9.97 Å². The van der Waals surface area contributed by atoms with Gasteiger partial charge in [-0.3, -0.25) is 9.97 Å². The summed E-state index contributed by atoms with van der Waals surface area (Å²) < 4.78 is 5.07. The third kappa shape index (κ3) is 3.01. The van der Waals surface area contributed by atoms with Gasteiger partial charge in [0.15, 0.2) is 0 Å². The first-order valence-electron chi connectivity index (χ1n) is 5.36. The topological polar surface area (TPSA) is 55.2 Å². The number of ether oxygens (including phenoxy) is 1. The van der Waals surface area contributed by atoms with Gasteiger partial charge in [0.25, 0.3) is 0 Å². The summed E-state index contributed by atoms with van der Waals surface area (Å²) in [6.45, 7) is 0. The zero-order chi connectivity index (χ0) is 12.1. The Morgan fingerprint density at radius 3 is 2.59 bits per heavy atom. The molecule has 0 aliphatic carbocycles. The smallest absolute Gasteiger partial charge is 0.118 e. The SMILES string of the molecule is COc1ccc(CC(O)c2cnccn2)cc1. The van der Waals surface area contributed by atoms with Crippen molar-refractivity contribution in [2.24, 2.45) is 0 Å². The van der Waals surface area contributed by atoms with E-state index in [0.717, 1.165) is 11.3 Å². The second-order valence-electron chi connectivity index (χ2n) is 3.70. The first-order valence-corrected chi connectivity index (χ1v) is 5.36. The fourth-order valence-corrected chi connectivity index (χ4v) is 1.57. The van der Waals surface area contributed by atoms with Crippen LogP contribution in [0.5, 0.6) is 5.75 Å². The molecule has 0 aliphatic heterocycles. The summed E-state index contributed by atoms with van der Waals surface area (Å²) in [6, 6.07) is 7.61. The van der Waals surface area contributed by atoms with E-state index in [4.69, 9.17) is 4.74 Å². The highest BCUT2D eigenvalue weighted by molar-refractivity contribution is 5.28. The molecule has 88 valence electrons. The lowest BCUT2D eigenvalue weighted by Crippen LogP contribution is -2.04. The van der Waals surface area contributed by atoms with E-state index >= 15 is 0 Å². The maximum absolute atomic E-state index is 9.97. The van der Waals surface area contributed by atoms with Gasteiger partial charge >= 0.3 is 0 Å². The van der Waals surface area contributed by atoms with E-state index in [1.165, 1.54) is 0 Å². The minimum absolute atomic E-state index is 0.517. The Morgan fingerprint density at radius 1 is 1.24 bits per heavy atom. The van der Waals surface area contributed by atoms with Gasteiger partial charge in [0, 0.05) is 18.8 Å². The predicted molar refractivity (Wildman–Crippen MR) is 63.7 cm³/mol. The molecule has 17 heavy (non-hydrogen) atoms. The Morgan fingerprint density at radius 2 is 2.00 bits per heavy atom. The molecular weight excluding hydrogens is 216 g/mol. The largest absolute Gasteiger partial charge is 0.497 e. The Kier molecular flexibility index (Phi) is 3.67. The number of aliphatic hydroxyl groups excluding tert-OH is 1. The second-order valence-corrected chi connectivity index (χ2v) is 3.70. The Hall–Kier alpha value is -1.94. The highest BCUT2D eigenvalue weighted by atomic mass is 16.5. The van der Waals surface area contributed by atoms with E-state index in [-0.39, 0.29) is 0 Å². The van der Waals surface area contributed by atoms with Gasteiger partial charge in [-0.25, -0.2) is 0 Å². The lowest BCUT2D eigenvalue weighted by Gasteiger charge is -2.09. The van der Waals surface area contributed by atoms with Crippen LogP contribution in [0.4, 0.5) is 0 Å². The van der Waals surface area contributed by atoms with Gasteiger partial charge in [-0.2, -0.15) is 0 Å². The molecule has 0 saturated heterocycles. The molecule has 2 rings (SSSR count). The lowest BCUT2D eigenvalue weighted by molar-refractivity contribution is 0.173. The average molecular weight is 230 g/mol. The Bertz CT molecular complexity index is 457. The minimum Gasteiger partial charge on any atom is -0.497 e. The molecule has 2 aromatic rings. The zero-order valence-electron chi connectivity index (χ0n) is 9.58. The number of methoxy groups -OCH3 is 1. The van der Waals surface area contributed by atoms with Crippen molar-refractivity contribution in [3.8, 4) is 5.75 Å². The van der Waals surface area contributed by atoms with Crippen LogP contribution in [-0.2, 0) is 6.42 Å². The molecule has 0 radical (unpaired) electrons. The maximum atomic E-state index is 9.97. The number of nitrogens with zero attached hydrogens (tertiary/aromatic N) is 2. The molecule has 0 spiro atoms. The van der Waals surface area contributed by atoms with Crippen molar-refractivity contribution in [3.63, 3.8) is 0 Å². The van der Waals surface area contributed by atoms with Gasteiger partial charge in [0.2, 0.25) is 0 Å². The molecule has 0 saturated carbocycles. The van der Waals surface area contributed by atoms with Gasteiger partial charge in [0.1, 0.15) is 11.9 Å². The van der Waals surface area contributed by atoms with Gasteiger partial charge in [0.05, 0.1) is 19.0 Å². The van der Waals surface area contributed by atoms with Crippen LogP contribution in [0.2, 0.25) is 0 Å². The van der Waals surface area contributed by atoms with Gasteiger partial charge in [-0.1, -0.05) is 12.1 Å². The molecule has 1 aromatic carbocycles. The Labute approximate surface area is 99.9 Å². The standard InChI is InChI=1S/C13H14N2O2/c1-17-11-4-2-10(3-5-11)8-13(16)12-9-14-6-7-15-12/h2-7,9,13,16H,8H2,1H3. The highest BCUT2D eigenvalue weighted by Gasteiger charge is 2.09. The van der Waals surface area contributed by atoms with Crippen LogP contribution < -0.4 is 4.74 Å². The second kappa shape index (κ2) is 5.41. The van der Waals surface area contributed by atoms with Gasteiger partial charge < -0.3 is 9.84 Å². The summed E-state index contributed by atoms with van der Waals surface area (Å²) in [5, 5.41) is 9.97. The van der Waals surface area contributed by atoms with E-state index in [1.54, 1.807) is 25.7 Å². The van der Waals surface area contributed by atoms with Gasteiger partial charge in [-0.15, -0.1) is 0 Å². The van der Waals surface area contributed by atoms with E-state index in [0.29, 0.717) is 12.1 Å². The number of benzene rings is 1. The molecule has 0 fully saturated rings. The first kappa shape index (κ1) is 11.5. The van der Waals surface area contributed by atoms with Crippen molar-refractivity contribution in [2.75, 3.05) is 7.11 Å². The highest BCUT2D eigenvalue weighted by Crippen LogP contribution is 2.18. The number of aromatic nitrogens is 2. The fourth-order valence-electron chi connectivity index (χ4n) is 1.57. The van der Waals surface area contributed by atoms with Crippen molar-refractivity contribution < 1.29 is 9.84 Å². The van der Waals surface area contributed by atoms with Gasteiger partial charge in [-0.05, 0) is 17.7 Å². The van der Waals surface area contributed by atoms with Crippen molar-refractivity contribution in [1.82, 2.24) is 9.97 Å². The summed E-state index contributed by atoms with van der Waals surface area (Å²) in [4.78, 5) is 8.00. The predicted octanol–water partition coefficient (Wildman–Crippen LogP) is 1.76. The van der Waals surface area contributed by atoms with Crippen LogP contribution >= 0.6 is 0 Å². The third-order valence-electron chi connectivity index (χ3n) is 2.51. The molecule has 1 N–H and O–H groups in total. The number of aliphatic hydroxyl groups is 1. The van der Waals surface area contributed by atoms with Crippen LogP contribution in [0.1, 0.15) is 17.4 Å². The molecule has 1 aromatic heterocycles. The summed E-state index contributed by atoms with van der Waals surface area (Å²) >= 11 is 0. The summed E-state index contributed by atoms with van der Waals surface area (Å²) in [6.07, 6.45) is 4.63. The summed E-state index contributed by atoms with van der Waals surface area (Å²) in [7, 11) is 1.63. The van der Waals surface area contributed by atoms with E-state index in [1.807, 2.05) is 24.3 Å². The zero-order valence-corrected chi connectivity index (χ0v) is 9.58. The number of hydrogen-bond donors (Lipinski definition) is 1. The monoisotopic (exact) mass is 230 g/mol. The maximum Gasteiger partial charge on any atom is 0.118 e. The summed E-state index contributed by atoms with van der Waals surface area (Å²) in [5.74, 6) is 0.808. The Balaban J connectivity index is 2.05. The molecule has 1 atom stereocenters. The fraction of sp³-hybridized carbons (Fsp3) is 0.231. The molecular formula is C13H14N2O2. The quantitative estimate of drug-likeness (QED) is 0.869. The van der Waals surface area contributed by atoms with Crippen molar-refractivity contribution >= 4 is 0 Å². The van der Waals surface area contributed by atoms with Crippen LogP contribution in [0.3, 0.4) is 0 Å². The molecule has 1 unspecified atom stereocenters. The van der Waals surface area contributed by atoms with Crippen LogP contribution in [0.15, 0.2) is 42.9 Å². The average Bonchev–Trinajstić information content (AvgIpc) is 2.40. The molecule has 0 aliphatic rings. The number of hydrogen-bond acceptors (Lipinski definition) is 4. The molecule has 4 heteroatoms. The number of rotatable bonds is 4. The van der Waals surface area contributed by atoms with Crippen molar-refractivity contribution in [2.45, 2.75) is 12.5 Å². The molecule has 4 nitrogen and oxygen atoms in total. The third-order valence-corrected chi connectivity index (χ3v) is 2.51. The van der Waals surface area contributed by atoms with Crippen molar-refractivity contribution in [1.29, 1.82) is 0 Å². The van der Waals surface area contributed by atoms with E-state index in [9.17, 15) is 5.11 Å². The van der Waals surface area contributed by atoms with Crippen molar-refractivity contribution in [3.05, 3.63) is 54.1 Å². The minimum atomic E-state index is -0.628. The molecule has 1 heterocycles. The summed E-state index contributed by atoms with van der Waals surface area (Å²) in [5.41, 5.74) is 1.62. The molecule has 0 bridgehead atoms. The van der Waals surface area contributed by atoms with Crippen LogP contribution in [0, 0.1) is 0 Å². The normalized spacial score (nSPS) is 12.1. The first-order chi connectivity index (χ1) is 8.29. The lowest BCUT2D eigenvalue weighted by atomic mass is 10.1. The van der Waals surface area contributed by atoms with Crippen LogP contribution in [-0.4, -0.2) is 22.2 Å². The van der Waals surface area contributed by atoms with E-state index < -0.39 is 6.10 Å².